The average molecular weight is 292 g/mol. The van der Waals surface area contributed by atoms with E-state index in [4.69, 9.17) is 9.47 Å². The topological polar surface area (TPSA) is 73.6 Å². The van der Waals surface area contributed by atoms with Gasteiger partial charge in [0, 0.05) is 12.1 Å². The highest BCUT2D eigenvalue weighted by Gasteiger charge is 2.25. The largest absolute Gasteiger partial charge is 0.454 e. The first-order valence-corrected chi connectivity index (χ1v) is 7.48. The maximum absolute atomic E-state index is 11.3. The van der Waals surface area contributed by atoms with Gasteiger partial charge in [-0.25, -0.2) is 0 Å². The second kappa shape index (κ2) is 5.79. The van der Waals surface area contributed by atoms with E-state index in [0.717, 1.165) is 31.6 Å². The van der Waals surface area contributed by atoms with Crippen molar-refractivity contribution in [3.8, 4) is 11.5 Å². The van der Waals surface area contributed by atoms with Crippen LogP contribution in [-0.4, -0.2) is 17.8 Å². The summed E-state index contributed by atoms with van der Waals surface area (Å²) >= 11 is 0. The number of fused-ring (bicyclic) bond motifs is 1. The van der Waals surface area contributed by atoms with Gasteiger partial charge in [0.05, 0.1) is 11.0 Å². The molecule has 114 valence electrons. The SMILES string of the molecule is CC1CCCC(Nc2cc3c(cc2[N+](=O)[O-])OCO3)CC1. The minimum atomic E-state index is -0.371. The van der Waals surface area contributed by atoms with Gasteiger partial charge in [0.1, 0.15) is 5.69 Å². The van der Waals surface area contributed by atoms with Gasteiger partial charge in [-0.3, -0.25) is 10.1 Å². The van der Waals surface area contributed by atoms with Crippen LogP contribution in [0.25, 0.3) is 0 Å². The Balaban J connectivity index is 1.82. The van der Waals surface area contributed by atoms with Crippen molar-refractivity contribution >= 4 is 11.4 Å². The Hall–Kier alpha value is -1.98. The van der Waals surface area contributed by atoms with E-state index >= 15 is 0 Å². The monoisotopic (exact) mass is 292 g/mol. The normalized spacial score (nSPS) is 24.4. The summed E-state index contributed by atoms with van der Waals surface area (Å²) in [6.07, 6.45) is 5.66. The van der Waals surface area contributed by atoms with E-state index in [0.29, 0.717) is 17.2 Å². The van der Waals surface area contributed by atoms with Crippen molar-refractivity contribution in [2.24, 2.45) is 5.92 Å². The number of nitrogens with one attached hydrogen (secondary N) is 1. The second-order valence-electron chi connectivity index (χ2n) is 5.93. The molecule has 6 nitrogen and oxygen atoms in total. The van der Waals surface area contributed by atoms with Crippen molar-refractivity contribution in [1.82, 2.24) is 0 Å². The second-order valence-corrected chi connectivity index (χ2v) is 5.93. The molecule has 1 aromatic rings. The van der Waals surface area contributed by atoms with Gasteiger partial charge in [-0.05, 0) is 25.2 Å². The molecular weight excluding hydrogens is 272 g/mol. The lowest BCUT2D eigenvalue weighted by molar-refractivity contribution is -0.384. The molecule has 6 heteroatoms. The number of nitro benzene ring substituents is 1. The zero-order chi connectivity index (χ0) is 14.8. The minimum Gasteiger partial charge on any atom is -0.454 e. The maximum Gasteiger partial charge on any atom is 0.296 e. The fourth-order valence-electron chi connectivity index (χ4n) is 3.05. The van der Waals surface area contributed by atoms with E-state index in [2.05, 4.69) is 12.2 Å². The Kier molecular flexibility index (Phi) is 3.86. The van der Waals surface area contributed by atoms with Gasteiger partial charge in [-0.2, -0.15) is 0 Å². The van der Waals surface area contributed by atoms with Gasteiger partial charge < -0.3 is 14.8 Å². The summed E-state index contributed by atoms with van der Waals surface area (Å²) < 4.78 is 10.5. The maximum atomic E-state index is 11.3. The molecule has 1 saturated carbocycles. The molecule has 1 aromatic carbocycles. The molecule has 0 bridgehead atoms. The minimum absolute atomic E-state index is 0.0524. The average Bonchev–Trinajstić information content (AvgIpc) is 2.81. The molecule has 0 saturated heterocycles. The summed E-state index contributed by atoms with van der Waals surface area (Å²) in [5.74, 6) is 1.76. The molecule has 0 radical (unpaired) electrons. The van der Waals surface area contributed by atoms with Crippen LogP contribution >= 0.6 is 0 Å². The number of benzene rings is 1. The van der Waals surface area contributed by atoms with Crippen molar-refractivity contribution in [2.75, 3.05) is 12.1 Å². The molecule has 3 rings (SSSR count). The first-order chi connectivity index (χ1) is 10.1. The Bertz CT molecular complexity index is 547. The zero-order valence-electron chi connectivity index (χ0n) is 12.1. The van der Waals surface area contributed by atoms with Crippen LogP contribution in [-0.2, 0) is 0 Å². The van der Waals surface area contributed by atoms with Crippen molar-refractivity contribution in [3.05, 3.63) is 22.2 Å². The molecule has 0 aromatic heterocycles. The van der Waals surface area contributed by atoms with Crippen molar-refractivity contribution in [3.63, 3.8) is 0 Å². The van der Waals surface area contributed by atoms with Crippen LogP contribution in [0.4, 0.5) is 11.4 Å². The summed E-state index contributed by atoms with van der Waals surface area (Å²) in [4.78, 5) is 10.9. The van der Waals surface area contributed by atoms with Crippen LogP contribution in [0.15, 0.2) is 12.1 Å². The predicted molar refractivity (Wildman–Crippen MR) is 78.9 cm³/mol. The fraction of sp³-hybridized carbons (Fsp3) is 0.600. The number of rotatable bonds is 3. The van der Waals surface area contributed by atoms with Crippen LogP contribution in [0.5, 0.6) is 11.5 Å². The number of ether oxygens (including phenoxy) is 2. The molecule has 2 atom stereocenters. The third-order valence-electron chi connectivity index (χ3n) is 4.30. The first-order valence-electron chi connectivity index (χ1n) is 7.48. The lowest BCUT2D eigenvalue weighted by Gasteiger charge is -2.18. The lowest BCUT2D eigenvalue weighted by Crippen LogP contribution is -2.19. The fourth-order valence-corrected chi connectivity index (χ4v) is 3.05. The summed E-state index contributed by atoms with van der Waals surface area (Å²) in [6, 6.07) is 3.42. The quantitative estimate of drug-likeness (QED) is 0.522. The highest BCUT2D eigenvalue weighted by molar-refractivity contribution is 5.69. The van der Waals surface area contributed by atoms with Crippen LogP contribution < -0.4 is 14.8 Å². The van der Waals surface area contributed by atoms with Crippen molar-refractivity contribution in [1.29, 1.82) is 0 Å². The number of anilines is 1. The predicted octanol–water partition coefficient (Wildman–Crippen LogP) is 3.70. The van der Waals surface area contributed by atoms with Gasteiger partial charge in [0.15, 0.2) is 11.5 Å². The van der Waals surface area contributed by atoms with E-state index in [1.54, 1.807) is 6.07 Å². The van der Waals surface area contributed by atoms with Gasteiger partial charge in [-0.1, -0.05) is 19.8 Å². The van der Waals surface area contributed by atoms with Gasteiger partial charge in [0.25, 0.3) is 5.69 Å². The number of nitro groups is 1. The Morgan fingerprint density at radius 1 is 1.19 bits per heavy atom. The standard InChI is InChI=1S/C15H20N2O4/c1-10-3-2-4-11(6-5-10)16-12-7-14-15(21-9-20-14)8-13(12)17(18)19/h7-8,10-11,16H,2-6,9H2,1H3. The number of nitrogens with zero attached hydrogens (tertiary/aromatic N) is 1. The smallest absolute Gasteiger partial charge is 0.296 e. The van der Waals surface area contributed by atoms with Gasteiger partial charge in [-0.15, -0.1) is 0 Å². The summed E-state index contributed by atoms with van der Waals surface area (Å²) in [5.41, 5.74) is 0.584. The van der Waals surface area contributed by atoms with Gasteiger partial charge in [0.2, 0.25) is 6.79 Å². The molecule has 2 aliphatic rings. The number of hydrogen-bond donors (Lipinski definition) is 1. The molecule has 1 N–H and O–H groups in total. The molecular formula is C15H20N2O4. The van der Waals surface area contributed by atoms with Crippen LogP contribution in [0.1, 0.15) is 39.0 Å². The van der Waals surface area contributed by atoms with E-state index in [-0.39, 0.29) is 23.4 Å². The van der Waals surface area contributed by atoms with E-state index < -0.39 is 0 Å². The summed E-state index contributed by atoms with van der Waals surface area (Å²) in [7, 11) is 0. The molecule has 21 heavy (non-hydrogen) atoms. The van der Waals surface area contributed by atoms with E-state index in [9.17, 15) is 10.1 Å². The highest BCUT2D eigenvalue weighted by Crippen LogP contribution is 2.41. The first kappa shape index (κ1) is 14.0. The number of hydrogen-bond acceptors (Lipinski definition) is 5. The zero-order valence-corrected chi connectivity index (χ0v) is 12.1. The van der Waals surface area contributed by atoms with E-state index in [1.807, 2.05) is 0 Å². The van der Waals surface area contributed by atoms with Crippen LogP contribution in [0, 0.1) is 16.0 Å². The van der Waals surface area contributed by atoms with Crippen LogP contribution in [0.2, 0.25) is 0 Å². The Morgan fingerprint density at radius 3 is 2.71 bits per heavy atom. The third kappa shape index (κ3) is 3.04. The molecule has 1 aliphatic heterocycles. The van der Waals surface area contributed by atoms with Gasteiger partial charge >= 0.3 is 0 Å². The van der Waals surface area contributed by atoms with E-state index in [1.165, 1.54) is 12.5 Å². The van der Waals surface area contributed by atoms with Crippen LogP contribution in [0.3, 0.4) is 0 Å². The third-order valence-corrected chi connectivity index (χ3v) is 4.30. The molecule has 1 heterocycles. The lowest BCUT2D eigenvalue weighted by atomic mass is 10.0. The Labute approximate surface area is 123 Å². The summed E-state index contributed by atoms with van der Waals surface area (Å²) in [5, 5.41) is 14.6. The molecule has 0 spiro atoms. The molecule has 2 unspecified atom stereocenters. The summed E-state index contributed by atoms with van der Waals surface area (Å²) in [6.45, 7) is 2.39. The molecule has 1 aliphatic carbocycles. The van der Waals surface area contributed by atoms with Crippen molar-refractivity contribution in [2.45, 2.75) is 45.1 Å². The highest BCUT2D eigenvalue weighted by atomic mass is 16.7. The molecule has 0 amide bonds. The Morgan fingerprint density at radius 2 is 1.95 bits per heavy atom. The molecule has 1 fully saturated rings. The van der Waals surface area contributed by atoms with Crippen molar-refractivity contribution < 1.29 is 14.4 Å².